The predicted octanol–water partition coefficient (Wildman–Crippen LogP) is 4.72. The summed E-state index contributed by atoms with van der Waals surface area (Å²) < 4.78 is 5.34. The first-order valence-corrected chi connectivity index (χ1v) is 12.5. The maximum atomic E-state index is 12.0. The van der Waals surface area contributed by atoms with Gasteiger partial charge in [0.2, 0.25) is 5.91 Å². The molecule has 1 heterocycles. The van der Waals surface area contributed by atoms with Crippen molar-refractivity contribution in [3.05, 3.63) is 75.8 Å². The van der Waals surface area contributed by atoms with Crippen LogP contribution in [0, 0.1) is 0 Å². The standard InChI is InChI=1S/C27H32N4O4S/c1-17(32)29-25-30-22(23(36-25)16-19-6-11-20(12-7-19)24(33)28-5)15-10-18-8-13-21(14-9-18)35-26(34)31-27(2,3)4/h6-9,11-14H,10,15-16H2,1-5H3,(H,28,33)(H,31,34)(H,29,30,32). The highest BCUT2D eigenvalue weighted by atomic mass is 32.1. The van der Waals surface area contributed by atoms with Crippen LogP contribution in [0.15, 0.2) is 48.5 Å². The van der Waals surface area contributed by atoms with Gasteiger partial charge in [0, 0.05) is 36.4 Å². The van der Waals surface area contributed by atoms with Crippen molar-refractivity contribution < 1.29 is 19.1 Å². The second kappa shape index (κ2) is 11.8. The lowest BCUT2D eigenvalue weighted by molar-refractivity contribution is -0.114. The highest BCUT2D eigenvalue weighted by molar-refractivity contribution is 7.15. The van der Waals surface area contributed by atoms with Crippen LogP contribution < -0.4 is 20.7 Å². The van der Waals surface area contributed by atoms with E-state index in [1.165, 1.54) is 18.3 Å². The first-order chi connectivity index (χ1) is 17.0. The lowest BCUT2D eigenvalue weighted by Crippen LogP contribution is -2.42. The highest BCUT2D eigenvalue weighted by Gasteiger charge is 2.16. The van der Waals surface area contributed by atoms with Crippen molar-refractivity contribution in [2.24, 2.45) is 0 Å². The van der Waals surface area contributed by atoms with E-state index in [9.17, 15) is 14.4 Å². The first kappa shape index (κ1) is 26.9. The molecule has 0 aliphatic carbocycles. The maximum absolute atomic E-state index is 12.0. The van der Waals surface area contributed by atoms with Gasteiger partial charge >= 0.3 is 6.09 Å². The Morgan fingerprint density at radius 2 is 1.58 bits per heavy atom. The van der Waals surface area contributed by atoms with E-state index in [4.69, 9.17) is 4.74 Å². The number of nitrogens with one attached hydrogen (secondary N) is 3. The molecule has 0 spiro atoms. The minimum absolute atomic E-state index is 0.126. The molecule has 0 radical (unpaired) electrons. The Hall–Kier alpha value is -3.72. The second-order valence-electron chi connectivity index (χ2n) is 9.43. The number of thiazole rings is 1. The van der Waals surface area contributed by atoms with Crippen LogP contribution in [0.4, 0.5) is 9.93 Å². The number of ether oxygens (including phenoxy) is 1. The third-order valence-electron chi connectivity index (χ3n) is 5.13. The number of hydrogen-bond donors (Lipinski definition) is 3. The van der Waals surface area contributed by atoms with Crippen LogP contribution in [0.5, 0.6) is 5.75 Å². The van der Waals surface area contributed by atoms with Gasteiger partial charge < -0.3 is 20.7 Å². The quantitative estimate of drug-likeness (QED) is 0.408. The topological polar surface area (TPSA) is 109 Å². The van der Waals surface area contributed by atoms with E-state index >= 15 is 0 Å². The summed E-state index contributed by atoms with van der Waals surface area (Å²) in [6.45, 7) is 7.13. The van der Waals surface area contributed by atoms with E-state index in [2.05, 4.69) is 20.9 Å². The van der Waals surface area contributed by atoms with Gasteiger partial charge in [-0.25, -0.2) is 9.78 Å². The minimum Gasteiger partial charge on any atom is -0.410 e. The second-order valence-corrected chi connectivity index (χ2v) is 10.5. The molecule has 8 nitrogen and oxygen atoms in total. The normalized spacial score (nSPS) is 11.0. The summed E-state index contributed by atoms with van der Waals surface area (Å²) in [4.78, 5) is 41.1. The number of carbonyl (C=O) groups is 3. The fraction of sp³-hybridized carbons (Fsp3) is 0.333. The molecule has 0 saturated carbocycles. The third kappa shape index (κ3) is 8.20. The first-order valence-electron chi connectivity index (χ1n) is 11.7. The number of anilines is 1. The van der Waals surface area contributed by atoms with Gasteiger partial charge in [-0.3, -0.25) is 9.59 Å². The number of hydrogen-bond acceptors (Lipinski definition) is 6. The number of rotatable bonds is 8. The maximum Gasteiger partial charge on any atom is 0.413 e. The van der Waals surface area contributed by atoms with Crippen molar-refractivity contribution >= 4 is 34.4 Å². The number of benzene rings is 2. The number of carbonyl (C=O) groups excluding carboxylic acids is 3. The van der Waals surface area contributed by atoms with Gasteiger partial charge in [0.25, 0.3) is 5.91 Å². The molecule has 3 amide bonds. The van der Waals surface area contributed by atoms with E-state index in [-0.39, 0.29) is 17.4 Å². The molecule has 0 saturated heterocycles. The Morgan fingerprint density at radius 3 is 2.17 bits per heavy atom. The van der Waals surface area contributed by atoms with Crippen molar-refractivity contribution in [1.29, 1.82) is 0 Å². The summed E-state index contributed by atoms with van der Waals surface area (Å²) in [7, 11) is 1.60. The zero-order valence-electron chi connectivity index (χ0n) is 21.2. The average Bonchev–Trinajstić information content (AvgIpc) is 3.17. The van der Waals surface area contributed by atoms with Crippen LogP contribution in [0.1, 0.15) is 59.8 Å². The molecule has 0 aliphatic rings. The van der Waals surface area contributed by atoms with Gasteiger partial charge in [-0.05, 0) is 69.0 Å². The van der Waals surface area contributed by atoms with Crippen molar-refractivity contribution in [3.8, 4) is 5.75 Å². The predicted molar refractivity (Wildman–Crippen MR) is 142 cm³/mol. The molecule has 2 aromatic carbocycles. The molecular formula is C27H32N4O4S. The van der Waals surface area contributed by atoms with Crippen LogP contribution in [-0.2, 0) is 24.1 Å². The smallest absolute Gasteiger partial charge is 0.410 e. The Morgan fingerprint density at radius 1 is 0.944 bits per heavy atom. The number of aromatic nitrogens is 1. The van der Waals surface area contributed by atoms with Gasteiger partial charge in [0.05, 0.1) is 5.69 Å². The molecule has 9 heteroatoms. The number of aryl methyl sites for hydroxylation is 2. The SMILES string of the molecule is CNC(=O)c1ccc(Cc2sc(NC(C)=O)nc2CCc2ccc(OC(=O)NC(C)(C)C)cc2)cc1. The van der Waals surface area contributed by atoms with Gasteiger partial charge in [-0.15, -0.1) is 11.3 Å². The fourth-order valence-corrected chi connectivity index (χ4v) is 4.54. The van der Waals surface area contributed by atoms with Gasteiger partial charge in [-0.1, -0.05) is 24.3 Å². The molecule has 3 rings (SSSR count). The van der Waals surface area contributed by atoms with E-state index in [0.717, 1.165) is 28.1 Å². The van der Waals surface area contributed by atoms with Crippen molar-refractivity contribution in [1.82, 2.24) is 15.6 Å². The Balaban J connectivity index is 1.68. The largest absolute Gasteiger partial charge is 0.413 e. The molecule has 36 heavy (non-hydrogen) atoms. The Bertz CT molecular complexity index is 1210. The summed E-state index contributed by atoms with van der Waals surface area (Å²) in [6.07, 6.45) is 1.58. The van der Waals surface area contributed by atoms with Crippen molar-refractivity contribution in [3.63, 3.8) is 0 Å². The van der Waals surface area contributed by atoms with E-state index in [1.54, 1.807) is 31.3 Å². The molecule has 0 bridgehead atoms. The van der Waals surface area contributed by atoms with E-state index < -0.39 is 6.09 Å². The molecular weight excluding hydrogens is 476 g/mol. The average molecular weight is 509 g/mol. The summed E-state index contributed by atoms with van der Waals surface area (Å²) in [6, 6.07) is 14.9. The molecule has 3 N–H and O–H groups in total. The van der Waals surface area contributed by atoms with Crippen LogP contribution in [0.25, 0.3) is 0 Å². The summed E-state index contributed by atoms with van der Waals surface area (Å²) in [5.41, 5.74) is 3.28. The molecule has 0 atom stereocenters. The lowest BCUT2D eigenvalue weighted by atomic mass is 10.0. The molecule has 1 aromatic heterocycles. The number of nitrogens with zero attached hydrogens (tertiary/aromatic N) is 1. The fourth-order valence-electron chi connectivity index (χ4n) is 3.45. The molecule has 0 aliphatic heterocycles. The highest BCUT2D eigenvalue weighted by Crippen LogP contribution is 2.27. The van der Waals surface area contributed by atoms with Gasteiger partial charge in [-0.2, -0.15) is 0 Å². The summed E-state index contributed by atoms with van der Waals surface area (Å²) in [5, 5.41) is 8.74. The summed E-state index contributed by atoms with van der Waals surface area (Å²) in [5.74, 6) is 0.185. The van der Waals surface area contributed by atoms with E-state index in [1.807, 2.05) is 45.0 Å². The monoisotopic (exact) mass is 508 g/mol. The van der Waals surface area contributed by atoms with Crippen LogP contribution in [-0.4, -0.2) is 35.5 Å². The minimum atomic E-state index is -0.490. The van der Waals surface area contributed by atoms with Crippen LogP contribution >= 0.6 is 11.3 Å². The van der Waals surface area contributed by atoms with Crippen LogP contribution in [0.2, 0.25) is 0 Å². The third-order valence-corrected chi connectivity index (χ3v) is 6.14. The number of amides is 3. The Labute approximate surface area is 215 Å². The van der Waals surface area contributed by atoms with Crippen LogP contribution in [0.3, 0.4) is 0 Å². The van der Waals surface area contributed by atoms with Crippen molar-refractivity contribution in [2.45, 2.75) is 52.5 Å². The van der Waals surface area contributed by atoms with E-state index in [0.29, 0.717) is 29.3 Å². The molecule has 3 aromatic rings. The van der Waals surface area contributed by atoms with Gasteiger partial charge in [0.15, 0.2) is 5.13 Å². The van der Waals surface area contributed by atoms with Crippen molar-refractivity contribution in [2.75, 3.05) is 12.4 Å². The molecule has 190 valence electrons. The Kier molecular flexibility index (Phi) is 8.82. The summed E-state index contributed by atoms with van der Waals surface area (Å²) >= 11 is 1.46. The van der Waals surface area contributed by atoms with Gasteiger partial charge in [0.1, 0.15) is 5.75 Å². The zero-order valence-corrected chi connectivity index (χ0v) is 22.0. The molecule has 0 fully saturated rings. The zero-order chi connectivity index (χ0) is 26.3. The molecule has 0 unspecified atom stereocenters. The lowest BCUT2D eigenvalue weighted by Gasteiger charge is -2.19.